The Morgan fingerprint density at radius 3 is 2.00 bits per heavy atom. The lowest BCUT2D eigenvalue weighted by molar-refractivity contribution is 0.101. The van der Waals surface area contributed by atoms with Crippen molar-refractivity contribution in [3.8, 4) is 11.6 Å². The average molecular weight is 317 g/mol. The van der Waals surface area contributed by atoms with E-state index in [0.29, 0.717) is 28.3 Å². The molecule has 24 heavy (non-hydrogen) atoms. The molecule has 0 fully saturated rings. The summed E-state index contributed by atoms with van der Waals surface area (Å²) in [5, 5.41) is 0. The zero-order valence-corrected chi connectivity index (χ0v) is 13.1. The first-order chi connectivity index (χ1) is 11.6. The van der Waals surface area contributed by atoms with Crippen molar-refractivity contribution in [2.75, 3.05) is 0 Å². The maximum atomic E-state index is 12.3. The van der Waals surface area contributed by atoms with E-state index in [0.717, 1.165) is 0 Å². The first-order valence-electron chi connectivity index (χ1n) is 7.48. The third-order valence-electron chi connectivity index (χ3n) is 3.52. The van der Waals surface area contributed by atoms with Crippen molar-refractivity contribution >= 4 is 11.6 Å². The molecule has 118 valence electrons. The largest absolute Gasteiger partial charge is 0.439 e. The van der Waals surface area contributed by atoms with Crippen molar-refractivity contribution in [2.45, 2.75) is 6.92 Å². The Morgan fingerprint density at radius 1 is 0.792 bits per heavy atom. The number of nitrogens with zero attached hydrogens (tertiary/aromatic N) is 1. The molecule has 0 saturated heterocycles. The smallest absolute Gasteiger partial charge is 0.219 e. The van der Waals surface area contributed by atoms with Crippen molar-refractivity contribution in [1.29, 1.82) is 0 Å². The van der Waals surface area contributed by atoms with Crippen LogP contribution in [0.1, 0.15) is 33.2 Å². The Morgan fingerprint density at radius 2 is 1.42 bits per heavy atom. The second-order valence-electron chi connectivity index (χ2n) is 5.26. The van der Waals surface area contributed by atoms with Gasteiger partial charge in [-0.3, -0.25) is 9.59 Å². The number of benzene rings is 2. The molecule has 0 aliphatic heterocycles. The molecule has 0 amide bonds. The van der Waals surface area contributed by atoms with Crippen LogP contribution in [0, 0.1) is 0 Å². The lowest BCUT2D eigenvalue weighted by atomic mass is 10.0. The van der Waals surface area contributed by atoms with E-state index < -0.39 is 0 Å². The van der Waals surface area contributed by atoms with Crippen LogP contribution in [-0.2, 0) is 0 Å². The van der Waals surface area contributed by atoms with Crippen molar-refractivity contribution in [3.05, 3.63) is 89.6 Å². The number of hydrogen-bond acceptors (Lipinski definition) is 4. The number of carbonyl (C=O) groups is 2. The lowest BCUT2D eigenvalue weighted by Gasteiger charge is -2.06. The predicted octanol–water partition coefficient (Wildman–Crippen LogP) is 4.31. The molecule has 3 rings (SSSR count). The fourth-order valence-corrected chi connectivity index (χ4v) is 2.20. The summed E-state index contributed by atoms with van der Waals surface area (Å²) in [4.78, 5) is 27.6. The van der Waals surface area contributed by atoms with Crippen LogP contribution in [0.4, 0.5) is 0 Å². The standard InChI is InChI=1S/C20H15NO3/c1-14(22)17-9-12-19(21-13-17)24-18-10-7-16(8-11-18)20(23)15-5-3-2-4-6-15/h2-13H,1H3. The summed E-state index contributed by atoms with van der Waals surface area (Å²) in [5.74, 6) is 0.883. The van der Waals surface area contributed by atoms with Crippen LogP contribution in [0.25, 0.3) is 0 Å². The number of aromatic nitrogens is 1. The minimum atomic E-state index is -0.0437. The maximum Gasteiger partial charge on any atom is 0.219 e. The molecule has 3 aromatic rings. The van der Waals surface area contributed by atoms with Crippen molar-refractivity contribution < 1.29 is 14.3 Å². The minimum Gasteiger partial charge on any atom is -0.439 e. The highest BCUT2D eigenvalue weighted by atomic mass is 16.5. The van der Waals surface area contributed by atoms with Crippen molar-refractivity contribution in [1.82, 2.24) is 4.98 Å². The molecule has 0 spiro atoms. The van der Waals surface area contributed by atoms with Gasteiger partial charge in [0.05, 0.1) is 0 Å². The van der Waals surface area contributed by atoms with Crippen LogP contribution in [0.5, 0.6) is 11.6 Å². The van der Waals surface area contributed by atoms with E-state index in [1.54, 1.807) is 48.5 Å². The molecule has 0 unspecified atom stereocenters. The molecule has 0 saturated carbocycles. The third-order valence-corrected chi connectivity index (χ3v) is 3.52. The topological polar surface area (TPSA) is 56.3 Å². The Hall–Kier alpha value is -3.27. The summed E-state index contributed by atoms with van der Waals surface area (Å²) in [6.45, 7) is 1.49. The first-order valence-corrected chi connectivity index (χ1v) is 7.48. The van der Waals surface area contributed by atoms with E-state index in [2.05, 4.69) is 4.98 Å². The molecule has 1 aromatic heterocycles. The van der Waals surface area contributed by atoms with Gasteiger partial charge in [-0.25, -0.2) is 4.98 Å². The van der Waals surface area contributed by atoms with Gasteiger partial charge in [-0.15, -0.1) is 0 Å². The molecule has 0 aliphatic rings. The van der Waals surface area contributed by atoms with Crippen molar-refractivity contribution in [2.24, 2.45) is 0 Å². The second kappa shape index (κ2) is 6.87. The van der Waals surface area contributed by atoms with Gasteiger partial charge < -0.3 is 4.74 Å². The Labute approximate surface area is 139 Å². The summed E-state index contributed by atoms with van der Waals surface area (Å²) in [7, 11) is 0. The van der Waals surface area contributed by atoms with Gasteiger partial charge >= 0.3 is 0 Å². The Kier molecular flexibility index (Phi) is 4.47. The molecule has 4 heteroatoms. The van der Waals surface area contributed by atoms with Crippen molar-refractivity contribution in [3.63, 3.8) is 0 Å². The SMILES string of the molecule is CC(=O)c1ccc(Oc2ccc(C(=O)c3ccccc3)cc2)nc1. The highest BCUT2D eigenvalue weighted by molar-refractivity contribution is 6.08. The number of ketones is 2. The minimum absolute atomic E-state index is 0.0360. The maximum absolute atomic E-state index is 12.3. The summed E-state index contributed by atoms with van der Waals surface area (Å²) in [6, 6.07) is 19.3. The Balaban J connectivity index is 1.72. The Bertz CT molecular complexity index is 854. The van der Waals surface area contributed by atoms with E-state index in [-0.39, 0.29) is 11.6 Å². The highest BCUT2D eigenvalue weighted by Gasteiger charge is 2.09. The van der Waals surface area contributed by atoms with Crippen LogP contribution in [0.3, 0.4) is 0 Å². The van der Waals surface area contributed by atoms with Crippen LogP contribution in [0.2, 0.25) is 0 Å². The van der Waals surface area contributed by atoms with Gasteiger partial charge in [-0.2, -0.15) is 0 Å². The summed E-state index contributed by atoms with van der Waals surface area (Å²) in [6.07, 6.45) is 1.48. The number of rotatable bonds is 5. The van der Waals surface area contributed by atoms with Crippen LogP contribution >= 0.6 is 0 Å². The second-order valence-corrected chi connectivity index (χ2v) is 5.26. The van der Waals surface area contributed by atoms with Gasteiger partial charge in [0.15, 0.2) is 11.6 Å². The highest BCUT2D eigenvalue weighted by Crippen LogP contribution is 2.21. The number of ether oxygens (including phenoxy) is 1. The van der Waals surface area contributed by atoms with E-state index in [9.17, 15) is 9.59 Å². The van der Waals surface area contributed by atoms with Crippen LogP contribution in [0.15, 0.2) is 72.9 Å². The van der Waals surface area contributed by atoms with Crippen LogP contribution < -0.4 is 4.74 Å². The van der Waals surface area contributed by atoms with Gasteiger partial charge in [0, 0.05) is 29.0 Å². The zero-order valence-electron chi connectivity index (χ0n) is 13.1. The fraction of sp³-hybridized carbons (Fsp3) is 0.0500. The molecule has 1 heterocycles. The predicted molar refractivity (Wildman–Crippen MR) is 90.6 cm³/mol. The third kappa shape index (κ3) is 3.55. The quantitative estimate of drug-likeness (QED) is 0.658. The van der Waals surface area contributed by atoms with Gasteiger partial charge in [0.25, 0.3) is 0 Å². The molecule has 0 N–H and O–H groups in total. The summed E-state index contributed by atoms with van der Waals surface area (Å²) < 4.78 is 5.62. The normalized spacial score (nSPS) is 10.2. The molecular weight excluding hydrogens is 302 g/mol. The number of pyridine rings is 1. The van der Waals surface area contributed by atoms with Gasteiger partial charge in [-0.05, 0) is 37.3 Å². The number of hydrogen-bond donors (Lipinski definition) is 0. The molecule has 0 atom stereocenters. The molecule has 2 aromatic carbocycles. The number of carbonyl (C=O) groups excluding carboxylic acids is 2. The zero-order chi connectivity index (χ0) is 16.9. The summed E-state index contributed by atoms with van der Waals surface area (Å²) in [5.41, 5.74) is 1.77. The van der Waals surface area contributed by atoms with Crippen LogP contribution in [-0.4, -0.2) is 16.6 Å². The first kappa shape index (κ1) is 15.6. The molecule has 4 nitrogen and oxygen atoms in total. The van der Waals surface area contributed by atoms with Gasteiger partial charge in [0.2, 0.25) is 5.88 Å². The fourth-order valence-electron chi connectivity index (χ4n) is 2.20. The molecule has 0 aliphatic carbocycles. The molecule has 0 radical (unpaired) electrons. The summed E-state index contributed by atoms with van der Waals surface area (Å²) >= 11 is 0. The van der Waals surface area contributed by atoms with E-state index in [4.69, 9.17) is 4.74 Å². The monoisotopic (exact) mass is 317 g/mol. The average Bonchev–Trinajstić information content (AvgIpc) is 2.63. The van der Waals surface area contributed by atoms with E-state index >= 15 is 0 Å². The van der Waals surface area contributed by atoms with E-state index in [1.807, 2.05) is 18.2 Å². The van der Waals surface area contributed by atoms with E-state index in [1.165, 1.54) is 13.1 Å². The number of Topliss-reactive ketones (excluding diaryl/α,β-unsaturated/α-hetero) is 1. The van der Waals surface area contributed by atoms with Gasteiger partial charge in [0.1, 0.15) is 5.75 Å². The molecular formula is C20H15NO3. The lowest BCUT2D eigenvalue weighted by Crippen LogP contribution is -2.00. The molecule has 0 bridgehead atoms. The van der Waals surface area contributed by atoms with Gasteiger partial charge in [-0.1, -0.05) is 30.3 Å².